The zero-order valence-corrected chi connectivity index (χ0v) is 13.0. The van der Waals surface area contributed by atoms with Crippen molar-refractivity contribution < 1.29 is 9.53 Å². The van der Waals surface area contributed by atoms with E-state index in [2.05, 4.69) is 5.32 Å². The minimum Gasteiger partial charge on any atom is -0.444 e. The lowest BCUT2D eigenvalue weighted by Gasteiger charge is -2.19. The number of nitrogens with one attached hydrogen (secondary N) is 1. The Morgan fingerprint density at radius 3 is 2.45 bits per heavy atom. The Morgan fingerprint density at radius 1 is 1.18 bits per heavy atom. The SMILES string of the molecule is CC(C)(C)OC(=O)NCc1ccn(-c2ccccc2)c(=O)c1. The molecule has 0 saturated heterocycles. The number of hydrogen-bond acceptors (Lipinski definition) is 3. The molecule has 5 heteroatoms. The predicted octanol–water partition coefficient (Wildman–Crippen LogP) is 2.86. The molecule has 1 N–H and O–H groups in total. The smallest absolute Gasteiger partial charge is 0.407 e. The van der Waals surface area contributed by atoms with Crippen LogP contribution in [-0.4, -0.2) is 16.3 Å². The van der Waals surface area contributed by atoms with E-state index >= 15 is 0 Å². The first-order valence-electron chi connectivity index (χ1n) is 7.09. The van der Waals surface area contributed by atoms with Crippen LogP contribution in [0.1, 0.15) is 26.3 Å². The number of carbonyl (C=O) groups is 1. The maximum atomic E-state index is 12.1. The van der Waals surface area contributed by atoms with Crippen LogP contribution in [0, 0.1) is 0 Å². The standard InChI is InChI=1S/C17H20N2O3/c1-17(2,3)22-16(21)18-12-13-9-10-19(15(20)11-13)14-7-5-4-6-8-14/h4-11H,12H2,1-3H3,(H,18,21). The molecule has 0 atom stereocenters. The first-order valence-corrected chi connectivity index (χ1v) is 7.09. The molecule has 1 amide bonds. The van der Waals surface area contributed by atoms with E-state index in [1.807, 2.05) is 30.3 Å². The van der Waals surface area contributed by atoms with Gasteiger partial charge in [-0.25, -0.2) is 4.79 Å². The van der Waals surface area contributed by atoms with E-state index in [0.29, 0.717) is 0 Å². The normalized spacial score (nSPS) is 11.0. The van der Waals surface area contributed by atoms with Gasteiger partial charge >= 0.3 is 6.09 Å². The number of pyridine rings is 1. The zero-order chi connectivity index (χ0) is 16.2. The number of para-hydroxylation sites is 1. The third kappa shape index (κ3) is 4.48. The van der Waals surface area contributed by atoms with Crippen LogP contribution in [0.25, 0.3) is 5.69 Å². The fourth-order valence-corrected chi connectivity index (χ4v) is 1.92. The van der Waals surface area contributed by atoms with Crippen molar-refractivity contribution in [1.29, 1.82) is 0 Å². The summed E-state index contributed by atoms with van der Waals surface area (Å²) in [5.74, 6) is 0. The quantitative estimate of drug-likeness (QED) is 0.948. The second-order valence-corrected chi connectivity index (χ2v) is 5.93. The Bertz CT molecular complexity index is 700. The lowest BCUT2D eigenvalue weighted by Crippen LogP contribution is -2.32. The number of carbonyl (C=O) groups excluding carboxylic acids is 1. The molecule has 0 aliphatic carbocycles. The molecule has 0 aliphatic rings. The first kappa shape index (κ1) is 15.8. The maximum Gasteiger partial charge on any atom is 0.407 e. The van der Waals surface area contributed by atoms with Crippen LogP contribution < -0.4 is 10.9 Å². The van der Waals surface area contributed by atoms with E-state index in [-0.39, 0.29) is 12.1 Å². The molecule has 5 nitrogen and oxygen atoms in total. The van der Waals surface area contributed by atoms with Gasteiger partial charge in [0.2, 0.25) is 0 Å². The monoisotopic (exact) mass is 300 g/mol. The van der Waals surface area contributed by atoms with Crippen molar-refractivity contribution in [3.8, 4) is 5.69 Å². The van der Waals surface area contributed by atoms with Crippen molar-refractivity contribution in [2.45, 2.75) is 32.9 Å². The van der Waals surface area contributed by atoms with Gasteiger partial charge in [-0.15, -0.1) is 0 Å². The van der Waals surface area contributed by atoms with Crippen LogP contribution in [0.2, 0.25) is 0 Å². The molecular weight excluding hydrogens is 280 g/mol. The summed E-state index contributed by atoms with van der Waals surface area (Å²) in [7, 11) is 0. The Hall–Kier alpha value is -2.56. The fourth-order valence-electron chi connectivity index (χ4n) is 1.92. The molecule has 1 aromatic carbocycles. The molecule has 0 spiro atoms. The highest BCUT2D eigenvalue weighted by Crippen LogP contribution is 2.07. The van der Waals surface area contributed by atoms with Gasteiger partial charge in [-0.1, -0.05) is 18.2 Å². The molecule has 1 heterocycles. The van der Waals surface area contributed by atoms with E-state index < -0.39 is 11.7 Å². The minimum atomic E-state index is -0.541. The van der Waals surface area contributed by atoms with E-state index in [1.54, 1.807) is 37.6 Å². The summed E-state index contributed by atoms with van der Waals surface area (Å²) < 4.78 is 6.70. The summed E-state index contributed by atoms with van der Waals surface area (Å²) in [5.41, 5.74) is 0.845. The van der Waals surface area contributed by atoms with Gasteiger partial charge in [-0.2, -0.15) is 0 Å². The first-order chi connectivity index (χ1) is 10.3. The number of benzene rings is 1. The van der Waals surface area contributed by atoms with Crippen molar-refractivity contribution in [2.24, 2.45) is 0 Å². The van der Waals surface area contributed by atoms with Gasteiger partial charge in [0.05, 0.1) is 0 Å². The number of amides is 1. The molecule has 116 valence electrons. The number of nitrogens with zero attached hydrogens (tertiary/aromatic N) is 1. The van der Waals surface area contributed by atoms with Crippen LogP contribution in [0.15, 0.2) is 53.5 Å². The average Bonchev–Trinajstić information content (AvgIpc) is 2.44. The van der Waals surface area contributed by atoms with E-state index in [9.17, 15) is 9.59 Å². The summed E-state index contributed by atoms with van der Waals surface area (Å²) in [6.45, 7) is 5.65. The Balaban J connectivity index is 2.05. The minimum absolute atomic E-state index is 0.144. The van der Waals surface area contributed by atoms with Crippen molar-refractivity contribution in [3.63, 3.8) is 0 Å². The molecule has 2 aromatic rings. The van der Waals surface area contributed by atoms with Crippen molar-refractivity contribution in [3.05, 3.63) is 64.6 Å². The Morgan fingerprint density at radius 2 is 1.86 bits per heavy atom. The summed E-state index contributed by atoms with van der Waals surface area (Å²) in [6.07, 6.45) is 1.20. The number of alkyl carbamates (subject to hydrolysis) is 1. The van der Waals surface area contributed by atoms with Crippen LogP contribution in [0.4, 0.5) is 4.79 Å². The van der Waals surface area contributed by atoms with Gasteiger partial charge in [-0.3, -0.25) is 9.36 Å². The number of ether oxygens (including phenoxy) is 1. The highest BCUT2D eigenvalue weighted by Gasteiger charge is 2.15. The van der Waals surface area contributed by atoms with Crippen molar-refractivity contribution in [1.82, 2.24) is 9.88 Å². The highest BCUT2D eigenvalue weighted by atomic mass is 16.6. The fraction of sp³-hybridized carbons (Fsp3) is 0.294. The molecule has 0 aliphatic heterocycles. The van der Waals surface area contributed by atoms with Gasteiger partial charge in [0.25, 0.3) is 5.56 Å². The summed E-state index contributed by atoms with van der Waals surface area (Å²) in [4.78, 5) is 23.7. The van der Waals surface area contributed by atoms with Crippen LogP contribution in [0.3, 0.4) is 0 Å². The number of hydrogen-bond donors (Lipinski definition) is 1. The summed E-state index contributed by atoms with van der Waals surface area (Å²) in [6, 6.07) is 12.7. The molecule has 0 saturated carbocycles. The second-order valence-electron chi connectivity index (χ2n) is 5.93. The maximum absolute atomic E-state index is 12.1. The molecule has 0 bridgehead atoms. The molecular formula is C17H20N2O3. The number of rotatable bonds is 3. The van der Waals surface area contributed by atoms with Crippen LogP contribution >= 0.6 is 0 Å². The van der Waals surface area contributed by atoms with Gasteiger partial charge < -0.3 is 10.1 Å². The summed E-state index contributed by atoms with van der Waals surface area (Å²) in [5, 5.41) is 2.63. The molecule has 0 fully saturated rings. The third-order valence-electron chi connectivity index (χ3n) is 2.85. The zero-order valence-electron chi connectivity index (χ0n) is 13.0. The Kier molecular flexibility index (Phi) is 4.65. The highest BCUT2D eigenvalue weighted by molar-refractivity contribution is 5.67. The van der Waals surface area contributed by atoms with Gasteiger partial charge in [0.15, 0.2) is 0 Å². The van der Waals surface area contributed by atoms with Crippen LogP contribution in [-0.2, 0) is 11.3 Å². The van der Waals surface area contributed by atoms with E-state index in [4.69, 9.17) is 4.74 Å². The molecule has 0 radical (unpaired) electrons. The molecule has 1 aromatic heterocycles. The molecule has 2 rings (SSSR count). The lowest BCUT2D eigenvalue weighted by molar-refractivity contribution is 0.0523. The average molecular weight is 300 g/mol. The summed E-state index contributed by atoms with van der Waals surface area (Å²) >= 11 is 0. The van der Waals surface area contributed by atoms with Gasteiger partial charge in [0, 0.05) is 24.5 Å². The predicted molar refractivity (Wildman–Crippen MR) is 85.1 cm³/mol. The second kappa shape index (κ2) is 6.47. The van der Waals surface area contributed by atoms with Crippen LogP contribution in [0.5, 0.6) is 0 Å². The van der Waals surface area contributed by atoms with Crippen molar-refractivity contribution >= 4 is 6.09 Å². The van der Waals surface area contributed by atoms with Gasteiger partial charge in [0.1, 0.15) is 5.60 Å². The van der Waals surface area contributed by atoms with E-state index in [0.717, 1.165) is 11.3 Å². The Labute approximate surface area is 129 Å². The largest absolute Gasteiger partial charge is 0.444 e. The number of aromatic nitrogens is 1. The van der Waals surface area contributed by atoms with Gasteiger partial charge in [-0.05, 0) is 44.5 Å². The van der Waals surface area contributed by atoms with Crippen molar-refractivity contribution in [2.75, 3.05) is 0 Å². The lowest BCUT2D eigenvalue weighted by atomic mass is 10.2. The van der Waals surface area contributed by atoms with E-state index in [1.165, 1.54) is 6.07 Å². The topological polar surface area (TPSA) is 60.3 Å². The molecule has 0 unspecified atom stereocenters. The third-order valence-corrected chi connectivity index (χ3v) is 2.85. The molecule has 22 heavy (non-hydrogen) atoms.